The number of likely N-dealkylation sites (tertiary alicyclic amines) is 1. The smallest absolute Gasteiger partial charge is 0.220 e. The molecule has 1 heterocycles. The fourth-order valence-corrected chi connectivity index (χ4v) is 3.03. The first kappa shape index (κ1) is 17.4. The number of hydrogen-bond acceptors (Lipinski definition) is 3. The number of nitrogens with zero attached hydrogens (tertiary/aromatic N) is 1. The quantitative estimate of drug-likeness (QED) is 0.716. The predicted octanol–water partition coefficient (Wildman–Crippen LogP) is 1.99. The van der Waals surface area contributed by atoms with Crippen molar-refractivity contribution >= 4 is 5.91 Å². The van der Waals surface area contributed by atoms with Crippen LogP contribution in [0.15, 0.2) is 0 Å². The van der Waals surface area contributed by atoms with Crippen molar-refractivity contribution in [1.29, 1.82) is 0 Å². The Bertz CT molecular complexity index is 273. The molecule has 1 saturated heterocycles. The maximum absolute atomic E-state index is 12.0. The normalized spacial score (nSPS) is 19.2. The van der Waals surface area contributed by atoms with Gasteiger partial charge in [-0.3, -0.25) is 4.79 Å². The molecule has 0 saturated carbocycles. The van der Waals surface area contributed by atoms with Gasteiger partial charge in [-0.05, 0) is 50.6 Å². The number of nitrogens with one attached hydrogen (secondary N) is 1. The van der Waals surface area contributed by atoms with Gasteiger partial charge in [0.15, 0.2) is 0 Å². The molecule has 1 aliphatic heterocycles. The van der Waals surface area contributed by atoms with E-state index in [1.807, 2.05) is 0 Å². The first-order chi connectivity index (χ1) is 9.56. The predicted molar refractivity (Wildman–Crippen MR) is 84.5 cm³/mol. The summed E-state index contributed by atoms with van der Waals surface area (Å²) in [6, 6.07) is 0.386. The molecule has 20 heavy (non-hydrogen) atoms. The Morgan fingerprint density at radius 1 is 1.30 bits per heavy atom. The van der Waals surface area contributed by atoms with E-state index in [0.29, 0.717) is 24.3 Å². The van der Waals surface area contributed by atoms with Crippen molar-refractivity contribution < 1.29 is 4.79 Å². The fourth-order valence-electron chi connectivity index (χ4n) is 3.03. The van der Waals surface area contributed by atoms with Crippen molar-refractivity contribution in [1.82, 2.24) is 10.2 Å². The topological polar surface area (TPSA) is 58.4 Å². The molecular weight excluding hydrogens is 250 g/mol. The molecule has 1 atom stereocenters. The third kappa shape index (κ3) is 6.23. The van der Waals surface area contributed by atoms with Crippen molar-refractivity contribution in [3.05, 3.63) is 0 Å². The average Bonchev–Trinajstić information content (AvgIpc) is 2.44. The molecule has 0 spiro atoms. The summed E-state index contributed by atoms with van der Waals surface area (Å²) in [6.45, 7) is 10.7. The molecule has 0 radical (unpaired) electrons. The van der Waals surface area contributed by atoms with Crippen LogP contribution in [0.2, 0.25) is 0 Å². The molecule has 0 bridgehead atoms. The summed E-state index contributed by atoms with van der Waals surface area (Å²) in [4.78, 5) is 14.5. The second kappa shape index (κ2) is 9.35. The van der Waals surface area contributed by atoms with E-state index < -0.39 is 0 Å². The van der Waals surface area contributed by atoms with Crippen LogP contribution in [0.3, 0.4) is 0 Å². The average molecular weight is 283 g/mol. The van der Waals surface area contributed by atoms with Crippen LogP contribution in [0.1, 0.15) is 52.9 Å². The molecule has 0 aromatic heterocycles. The van der Waals surface area contributed by atoms with Gasteiger partial charge in [-0.2, -0.15) is 0 Å². The van der Waals surface area contributed by atoms with Gasteiger partial charge in [0.25, 0.3) is 0 Å². The van der Waals surface area contributed by atoms with E-state index in [9.17, 15) is 4.79 Å². The molecule has 1 aliphatic rings. The van der Waals surface area contributed by atoms with Crippen molar-refractivity contribution in [2.75, 3.05) is 26.2 Å². The molecule has 0 aliphatic carbocycles. The molecule has 1 amide bonds. The summed E-state index contributed by atoms with van der Waals surface area (Å²) >= 11 is 0. The second-order valence-electron chi connectivity index (χ2n) is 6.40. The van der Waals surface area contributed by atoms with Gasteiger partial charge in [-0.25, -0.2) is 0 Å². The molecule has 0 aromatic carbocycles. The van der Waals surface area contributed by atoms with Gasteiger partial charge in [0.05, 0.1) is 0 Å². The van der Waals surface area contributed by atoms with Crippen LogP contribution in [0.5, 0.6) is 0 Å². The lowest BCUT2D eigenvalue weighted by atomic mass is 9.88. The number of carbonyl (C=O) groups excluding carboxylic acids is 1. The minimum absolute atomic E-state index is 0.225. The number of nitrogens with two attached hydrogens (primary N) is 1. The van der Waals surface area contributed by atoms with Gasteiger partial charge < -0.3 is 16.0 Å². The molecule has 1 fully saturated rings. The number of carbonyl (C=O) groups is 1. The minimum Gasteiger partial charge on any atom is -0.353 e. The van der Waals surface area contributed by atoms with Gasteiger partial charge in [-0.1, -0.05) is 20.8 Å². The van der Waals surface area contributed by atoms with Crippen molar-refractivity contribution in [3.63, 3.8) is 0 Å². The van der Waals surface area contributed by atoms with E-state index in [-0.39, 0.29) is 5.91 Å². The number of amides is 1. The van der Waals surface area contributed by atoms with Gasteiger partial charge in [0, 0.05) is 25.6 Å². The fraction of sp³-hybridized carbons (Fsp3) is 0.938. The lowest BCUT2D eigenvalue weighted by molar-refractivity contribution is -0.122. The Morgan fingerprint density at radius 2 is 1.95 bits per heavy atom. The Kier molecular flexibility index (Phi) is 8.15. The maximum Gasteiger partial charge on any atom is 0.220 e. The summed E-state index contributed by atoms with van der Waals surface area (Å²) in [5.41, 5.74) is 5.64. The van der Waals surface area contributed by atoms with Crippen LogP contribution in [0, 0.1) is 11.8 Å². The molecule has 1 rings (SSSR count). The van der Waals surface area contributed by atoms with Crippen LogP contribution in [-0.2, 0) is 4.79 Å². The largest absolute Gasteiger partial charge is 0.353 e. The van der Waals surface area contributed by atoms with Crippen molar-refractivity contribution in [2.24, 2.45) is 17.6 Å². The minimum atomic E-state index is 0.225. The van der Waals surface area contributed by atoms with Crippen molar-refractivity contribution in [2.45, 2.75) is 58.9 Å². The van der Waals surface area contributed by atoms with Crippen molar-refractivity contribution in [3.8, 4) is 0 Å². The van der Waals surface area contributed by atoms with E-state index in [2.05, 4.69) is 31.0 Å². The highest BCUT2D eigenvalue weighted by atomic mass is 16.1. The van der Waals surface area contributed by atoms with Crippen LogP contribution in [0.4, 0.5) is 0 Å². The Hall–Kier alpha value is -0.610. The summed E-state index contributed by atoms with van der Waals surface area (Å²) in [7, 11) is 0. The second-order valence-corrected chi connectivity index (χ2v) is 6.40. The van der Waals surface area contributed by atoms with E-state index >= 15 is 0 Å². The summed E-state index contributed by atoms with van der Waals surface area (Å²) in [6.07, 6.45) is 4.83. The number of hydrogen-bond donors (Lipinski definition) is 2. The SMILES string of the molecule is CCN1CCC(NC(=O)CCC(CCN)C(C)C)CC1. The third-order valence-electron chi connectivity index (χ3n) is 4.62. The first-order valence-electron chi connectivity index (χ1n) is 8.28. The highest BCUT2D eigenvalue weighted by Gasteiger charge is 2.20. The van der Waals surface area contributed by atoms with Gasteiger partial charge >= 0.3 is 0 Å². The third-order valence-corrected chi connectivity index (χ3v) is 4.62. The van der Waals surface area contributed by atoms with E-state index in [1.165, 1.54) is 0 Å². The van der Waals surface area contributed by atoms with Crippen LogP contribution < -0.4 is 11.1 Å². The zero-order valence-corrected chi connectivity index (χ0v) is 13.5. The Labute approximate surface area is 124 Å². The highest BCUT2D eigenvalue weighted by Crippen LogP contribution is 2.20. The first-order valence-corrected chi connectivity index (χ1v) is 8.28. The summed E-state index contributed by atoms with van der Waals surface area (Å²) < 4.78 is 0. The van der Waals surface area contributed by atoms with E-state index in [1.54, 1.807) is 0 Å². The molecule has 4 nitrogen and oxygen atoms in total. The maximum atomic E-state index is 12.0. The number of rotatable bonds is 8. The van der Waals surface area contributed by atoms with Gasteiger partial charge in [-0.15, -0.1) is 0 Å². The molecular formula is C16H33N3O. The van der Waals surface area contributed by atoms with Gasteiger partial charge in [0.2, 0.25) is 5.91 Å². The van der Waals surface area contributed by atoms with E-state index in [4.69, 9.17) is 5.73 Å². The summed E-state index contributed by atoms with van der Waals surface area (Å²) in [5, 5.41) is 3.20. The molecule has 0 aromatic rings. The van der Waals surface area contributed by atoms with Crippen LogP contribution in [0.25, 0.3) is 0 Å². The van der Waals surface area contributed by atoms with Crippen LogP contribution >= 0.6 is 0 Å². The molecule has 4 heteroatoms. The molecule has 3 N–H and O–H groups in total. The zero-order chi connectivity index (χ0) is 15.0. The molecule has 118 valence electrons. The Balaban J connectivity index is 2.23. The standard InChI is InChI=1S/C16H33N3O/c1-4-19-11-8-15(9-12-19)18-16(20)6-5-14(7-10-17)13(2)3/h13-15H,4-12,17H2,1-3H3,(H,18,20). The lowest BCUT2D eigenvalue weighted by Crippen LogP contribution is -2.44. The van der Waals surface area contributed by atoms with E-state index in [0.717, 1.165) is 51.9 Å². The van der Waals surface area contributed by atoms with Crippen LogP contribution in [-0.4, -0.2) is 43.0 Å². The zero-order valence-electron chi connectivity index (χ0n) is 13.5. The molecule has 1 unspecified atom stereocenters. The summed E-state index contributed by atoms with van der Waals surface area (Å²) in [5.74, 6) is 1.41. The highest BCUT2D eigenvalue weighted by molar-refractivity contribution is 5.76. The number of piperidine rings is 1. The lowest BCUT2D eigenvalue weighted by Gasteiger charge is -2.31. The monoisotopic (exact) mass is 283 g/mol. The van der Waals surface area contributed by atoms with Gasteiger partial charge in [0.1, 0.15) is 0 Å². The Morgan fingerprint density at radius 3 is 2.45 bits per heavy atom.